The Morgan fingerprint density at radius 3 is 2.22 bits per heavy atom. The molecule has 1 heterocycles. The third-order valence-corrected chi connectivity index (χ3v) is 8.64. The predicted octanol–water partition coefficient (Wildman–Crippen LogP) is 4.82. The number of nitrogens with zero attached hydrogens (tertiary/aromatic N) is 3. The van der Waals surface area contributed by atoms with Crippen LogP contribution >= 0.6 is 11.6 Å². The minimum absolute atomic E-state index is 0.121. The van der Waals surface area contributed by atoms with Gasteiger partial charge in [0.15, 0.2) is 0 Å². The Morgan fingerprint density at radius 1 is 0.919 bits per heavy atom. The molecule has 0 saturated carbocycles. The quantitative estimate of drug-likeness (QED) is 0.429. The van der Waals surface area contributed by atoms with Crippen molar-refractivity contribution in [1.82, 2.24) is 4.90 Å². The van der Waals surface area contributed by atoms with Gasteiger partial charge in [0, 0.05) is 36.9 Å². The monoisotopic (exact) mass is 541 g/mol. The predicted molar refractivity (Wildman–Crippen MR) is 148 cm³/mol. The van der Waals surface area contributed by atoms with Crippen LogP contribution in [0.1, 0.15) is 16.7 Å². The van der Waals surface area contributed by atoms with Crippen molar-refractivity contribution in [3.63, 3.8) is 0 Å². The first-order chi connectivity index (χ1) is 17.6. The number of amides is 1. The van der Waals surface area contributed by atoms with Crippen LogP contribution in [-0.4, -0.2) is 59.1 Å². The standard InChI is InChI=1S/C28H32ClN3O4S/c1-20-5-10-24(11-6-20)37(34,35)32(26-17-21(2)7-12-27(26)36-4)19-28(33)31-15-13-30(14-16-31)25-18-23(29)9-8-22(25)3/h5-12,17-18H,13-16,19H2,1-4H3. The lowest BCUT2D eigenvalue weighted by atomic mass is 10.1. The molecule has 1 fully saturated rings. The zero-order chi connectivity index (χ0) is 26.7. The van der Waals surface area contributed by atoms with Crippen LogP contribution < -0.4 is 13.9 Å². The molecule has 1 saturated heterocycles. The fourth-order valence-corrected chi connectivity index (χ4v) is 6.06. The zero-order valence-electron chi connectivity index (χ0n) is 21.6. The summed E-state index contributed by atoms with van der Waals surface area (Å²) in [4.78, 5) is 17.5. The zero-order valence-corrected chi connectivity index (χ0v) is 23.1. The lowest BCUT2D eigenvalue weighted by Gasteiger charge is -2.38. The van der Waals surface area contributed by atoms with Crippen LogP contribution in [0.4, 0.5) is 11.4 Å². The summed E-state index contributed by atoms with van der Waals surface area (Å²) in [7, 11) is -2.55. The molecule has 37 heavy (non-hydrogen) atoms. The summed E-state index contributed by atoms with van der Waals surface area (Å²) in [5.74, 6) is 0.122. The Morgan fingerprint density at radius 2 is 1.57 bits per heavy atom. The Labute approximate surface area is 224 Å². The van der Waals surface area contributed by atoms with Crippen LogP contribution in [0, 0.1) is 20.8 Å². The van der Waals surface area contributed by atoms with Gasteiger partial charge in [-0.2, -0.15) is 0 Å². The van der Waals surface area contributed by atoms with E-state index in [2.05, 4.69) is 4.90 Å². The molecule has 0 unspecified atom stereocenters. The number of hydrogen-bond donors (Lipinski definition) is 0. The SMILES string of the molecule is COc1ccc(C)cc1N(CC(=O)N1CCN(c2cc(Cl)ccc2C)CC1)S(=O)(=O)c1ccc(C)cc1. The Bertz CT molecular complexity index is 1390. The van der Waals surface area contributed by atoms with Gasteiger partial charge in [-0.05, 0) is 68.3 Å². The van der Waals surface area contributed by atoms with Gasteiger partial charge in [0.1, 0.15) is 12.3 Å². The molecule has 0 radical (unpaired) electrons. The van der Waals surface area contributed by atoms with E-state index in [0.29, 0.717) is 42.6 Å². The topological polar surface area (TPSA) is 70.2 Å². The second-order valence-corrected chi connectivity index (χ2v) is 11.6. The van der Waals surface area contributed by atoms with Gasteiger partial charge >= 0.3 is 0 Å². The van der Waals surface area contributed by atoms with E-state index >= 15 is 0 Å². The Balaban J connectivity index is 1.60. The number of aryl methyl sites for hydroxylation is 3. The van der Waals surface area contributed by atoms with E-state index in [4.69, 9.17) is 16.3 Å². The lowest BCUT2D eigenvalue weighted by molar-refractivity contribution is -0.129. The van der Waals surface area contributed by atoms with E-state index in [1.165, 1.54) is 11.4 Å². The summed E-state index contributed by atoms with van der Waals surface area (Å²) >= 11 is 6.20. The molecule has 1 aliphatic heterocycles. The summed E-state index contributed by atoms with van der Waals surface area (Å²) < 4.78 is 34.3. The molecular formula is C28H32ClN3O4S. The van der Waals surface area contributed by atoms with Crippen molar-refractivity contribution in [1.29, 1.82) is 0 Å². The van der Waals surface area contributed by atoms with Crippen LogP contribution in [0.15, 0.2) is 65.6 Å². The summed E-state index contributed by atoms with van der Waals surface area (Å²) in [6.07, 6.45) is 0. The van der Waals surface area contributed by atoms with Crippen molar-refractivity contribution in [2.75, 3.05) is 49.0 Å². The first kappa shape index (κ1) is 26.8. The number of sulfonamides is 1. The molecule has 0 spiro atoms. The molecule has 9 heteroatoms. The van der Waals surface area contributed by atoms with Gasteiger partial charge in [0.25, 0.3) is 10.0 Å². The van der Waals surface area contributed by atoms with Crippen LogP contribution in [0.3, 0.4) is 0 Å². The normalized spacial score (nSPS) is 14.0. The van der Waals surface area contributed by atoms with Crippen molar-refractivity contribution >= 4 is 38.9 Å². The Kier molecular flexibility index (Phi) is 7.99. The number of methoxy groups -OCH3 is 1. The number of hydrogen-bond acceptors (Lipinski definition) is 5. The lowest BCUT2D eigenvalue weighted by Crippen LogP contribution is -2.52. The van der Waals surface area contributed by atoms with E-state index < -0.39 is 10.0 Å². The average Bonchev–Trinajstić information content (AvgIpc) is 2.88. The van der Waals surface area contributed by atoms with E-state index in [1.54, 1.807) is 41.3 Å². The molecular weight excluding hydrogens is 510 g/mol. The smallest absolute Gasteiger partial charge is 0.264 e. The molecule has 0 aromatic heterocycles. The molecule has 3 aromatic carbocycles. The number of rotatable bonds is 7. The second kappa shape index (κ2) is 11.0. The van der Waals surface area contributed by atoms with Gasteiger partial charge in [-0.25, -0.2) is 8.42 Å². The maximum absolute atomic E-state index is 13.8. The number of piperazine rings is 1. The molecule has 196 valence electrons. The van der Waals surface area contributed by atoms with Gasteiger partial charge in [-0.1, -0.05) is 41.4 Å². The molecule has 0 N–H and O–H groups in total. The molecule has 3 aromatic rings. The fourth-order valence-electron chi connectivity index (χ4n) is 4.47. The third-order valence-electron chi connectivity index (χ3n) is 6.64. The van der Waals surface area contributed by atoms with Gasteiger partial charge in [-0.15, -0.1) is 0 Å². The van der Waals surface area contributed by atoms with Crippen molar-refractivity contribution in [2.24, 2.45) is 0 Å². The Hall–Kier alpha value is -3.23. The van der Waals surface area contributed by atoms with E-state index in [0.717, 1.165) is 22.4 Å². The number of carbonyl (C=O) groups is 1. The van der Waals surface area contributed by atoms with E-state index in [9.17, 15) is 13.2 Å². The van der Waals surface area contributed by atoms with Crippen LogP contribution in [0.5, 0.6) is 5.75 Å². The van der Waals surface area contributed by atoms with Gasteiger partial charge < -0.3 is 14.5 Å². The first-order valence-electron chi connectivity index (χ1n) is 12.1. The maximum Gasteiger partial charge on any atom is 0.264 e. The number of halogens is 1. The molecule has 7 nitrogen and oxygen atoms in total. The summed E-state index contributed by atoms with van der Waals surface area (Å²) in [5.41, 5.74) is 4.31. The fraction of sp³-hybridized carbons (Fsp3) is 0.321. The number of benzene rings is 3. The molecule has 4 rings (SSSR count). The maximum atomic E-state index is 13.8. The van der Waals surface area contributed by atoms with Crippen molar-refractivity contribution in [3.8, 4) is 5.75 Å². The summed E-state index contributed by atoms with van der Waals surface area (Å²) in [5, 5.41) is 0.670. The van der Waals surface area contributed by atoms with E-state index in [1.807, 2.05) is 45.0 Å². The van der Waals surface area contributed by atoms with Gasteiger partial charge in [0.2, 0.25) is 5.91 Å². The van der Waals surface area contributed by atoms with Gasteiger partial charge in [-0.3, -0.25) is 9.10 Å². The summed E-state index contributed by atoms with van der Waals surface area (Å²) in [6.45, 7) is 7.70. The number of carbonyl (C=O) groups excluding carboxylic acids is 1. The van der Waals surface area contributed by atoms with Crippen LogP contribution in [0.2, 0.25) is 5.02 Å². The first-order valence-corrected chi connectivity index (χ1v) is 13.9. The minimum atomic E-state index is -4.04. The van der Waals surface area contributed by atoms with E-state index in [-0.39, 0.29) is 17.3 Å². The van der Waals surface area contributed by atoms with Crippen LogP contribution in [0.25, 0.3) is 0 Å². The van der Waals surface area contributed by atoms with Crippen LogP contribution in [-0.2, 0) is 14.8 Å². The second-order valence-electron chi connectivity index (χ2n) is 9.30. The van der Waals surface area contributed by atoms with Crippen molar-refractivity contribution in [3.05, 3.63) is 82.4 Å². The molecule has 0 atom stereocenters. The molecule has 1 aliphatic rings. The highest BCUT2D eigenvalue weighted by molar-refractivity contribution is 7.92. The van der Waals surface area contributed by atoms with Crippen molar-refractivity contribution < 1.29 is 17.9 Å². The summed E-state index contributed by atoms with van der Waals surface area (Å²) in [6, 6.07) is 17.7. The van der Waals surface area contributed by atoms with Gasteiger partial charge in [0.05, 0.1) is 17.7 Å². The third kappa shape index (κ3) is 5.86. The van der Waals surface area contributed by atoms with Crippen molar-refractivity contribution in [2.45, 2.75) is 25.7 Å². The average molecular weight is 542 g/mol. The molecule has 0 bridgehead atoms. The number of anilines is 2. The largest absolute Gasteiger partial charge is 0.495 e. The number of ether oxygens (including phenoxy) is 1. The minimum Gasteiger partial charge on any atom is -0.495 e. The molecule has 0 aliphatic carbocycles. The highest BCUT2D eigenvalue weighted by atomic mass is 35.5. The molecule has 1 amide bonds. The highest BCUT2D eigenvalue weighted by Crippen LogP contribution is 2.34. The highest BCUT2D eigenvalue weighted by Gasteiger charge is 2.32.